The molecule has 0 aromatic heterocycles. The summed E-state index contributed by atoms with van der Waals surface area (Å²) in [6.07, 6.45) is 1.59. The van der Waals surface area contributed by atoms with E-state index in [-0.39, 0.29) is 11.2 Å². The van der Waals surface area contributed by atoms with Gasteiger partial charge >= 0.3 is 0 Å². The molecule has 0 unspecified atom stereocenters. The lowest BCUT2D eigenvalue weighted by molar-refractivity contribution is -0.118. The Labute approximate surface area is 121 Å². The van der Waals surface area contributed by atoms with Crippen molar-refractivity contribution in [3.8, 4) is 11.5 Å². The molecule has 1 amide bonds. The number of carbonyl (C=O) groups is 1. The molecule has 0 bridgehead atoms. The molecule has 2 rings (SSSR count). The van der Waals surface area contributed by atoms with Crippen LogP contribution in [0.15, 0.2) is 28.4 Å². The number of nitrogens with zero attached hydrogens (tertiary/aromatic N) is 2. The Hall–Kier alpha value is -2.02. The van der Waals surface area contributed by atoms with Crippen molar-refractivity contribution in [2.45, 2.75) is 12.2 Å². The molecule has 1 aromatic carbocycles. The summed E-state index contributed by atoms with van der Waals surface area (Å²) in [7, 11) is 3.16. The molecular formula is C13H15N3O3S. The van der Waals surface area contributed by atoms with Crippen molar-refractivity contribution in [2.24, 2.45) is 10.2 Å². The van der Waals surface area contributed by atoms with E-state index in [9.17, 15) is 4.79 Å². The Balaban J connectivity index is 2.08. The van der Waals surface area contributed by atoms with Crippen molar-refractivity contribution < 1.29 is 14.3 Å². The van der Waals surface area contributed by atoms with Crippen LogP contribution < -0.4 is 14.8 Å². The molecule has 0 aliphatic carbocycles. The highest BCUT2D eigenvalue weighted by atomic mass is 32.2. The predicted molar refractivity (Wildman–Crippen MR) is 79.8 cm³/mol. The van der Waals surface area contributed by atoms with Gasteiger partial charge in [-0.15, -0.1) is 5.10 Å². The van der Waals surface area contributed by atoms with Gasteiger partial charge in [0, 0.05) is 0 Å². The maximum Gasteiger partial charge on any atom is 0.239 e. The van der Waals surface area contributed by atoms with E-state index in [0.29, 0.717) is 16.7 Å². The van der Waals surface area contributed by atoms with Crippen LogP contribution in [-0.2, 0) is 4.79 Å². The first kappa shape index (κ1) is 14.4. The predicted octanol–water partition coefficient (Wildman–Crippen LogP) is 1.65. The van der Waals surface area contributed by atoms with E-state index >= 15 is 0 Å². The highest BCUT2D eigenvalue weighted by Gasteiger charge is 2.25. The first-order valence-electron chi connectivity index (χ1n) is 5.94. The molecule has 1 N–H and O–H groups in total. The van der Waals surface area contributed by atoms with Gasteiger partial charge in [-0.05, 0) is 30.7 Å². The molecule has 106 valence electrons. The normalized spacial score (nSPS) is 20.4. The van der Waals surface area contributed by atoms with E-state index in [1.54, 1.807) is 32.6 Å². The van der Waals surface area contributed by atoms with E-state index in [2.05, 4.69) is 15.5 Å². The fourth-order valence-corrected chi connectivity index (χ4v) is 2.34. The lowest BCUT2D eigenvalue weighted by Gasteiger charge is -2.07. The van der Waals surface area contributed by atoms with E-state index in [1.807, 2.05) is 13.0 Å². The van der Waals surface area contributed by atoms with Crippen LogP contribution in [0.3, 0.4) is 0 Å². The lowest BCUT2D eigenvalue weighted by Crippen LogP contribution is -2.23. The third-order valence-electron chi connectivity index (χ3n) is 2.65. The van der Waals surface area contributed by atoms with Gasteiger partial charge in [0.05, 0.1) is 25.7 Å². The molecule has 7 heteroatoms. The first-order valence-corrected chi connectivity index (χ1v) is 6.82. The Morgan fingerprint density at radius 2 is 2.05 bits per heavy atom. The third kappa shape index (κ3) is 3.30. The SMILES string of the molecule is COc1ccc(/C=N\N=C2/NC(=O)[C@@H](C)S2)cc1OC. The van der Waals surface area contributed by atoms with Gasteiger partial charge in [0.1, 0.15) is 0 Å². The largest absolute Gasteiger partial charge is 0.493 e. The van der Waals surface area contributed by atoms with Crippen molar-refractivity contribution in [2.75, 3.05) is 14.2 Å². The average molecular weight is 293 g/mol. The number of ether oxygens (including phenoxy) is 2. The average Bonchev–Trinajstić information content (AvgIpc) is 2.77. The number of amides is 1. The maximum absolute atomic E-state index is 11.3. The number of amidine groups is 1. The third-order valence-corrected chi connectivity index (χ3v) is 3.63. The summed E-state index contributed by atoms with van der Waals surface area (Å²) in [5.74, 6) is 1.24. The van der Waals surface area contributed by atoms with E-state index in [1.165, 1.54) is 11.8 Å². The van der Waals surface area contributed by atoms with Crippen LogP contribution in [0.2, 0.25) is 0 Å². The van der Waals surface area contributed by atoms with E-state index in [0.717, 1.165) is 5.56 Å². The molecule has 1 aliphatic heterocycles. The highest BCUT2D eigenvalue weighted by molar-refractivity contribution is 8.15. The fourth-order valence-electron chi connectivity index (χ4n) is 1.59. The quantitative estimate of drug-likeness (QED) is 0.676. The lowest BCUT2D eigenvalue weighted by atomic mass is 10.2. The van der Waals surface area contributed by atoms with Crippen molar-refractivity contribution in [1.82, 2.24) is 5.32 Å². The number of nitrogens with one attached hydrogen (secondary N) is 1. The Morgan fingerprint density at radius 1 is 1.30 bits per heavy atom. The van der Waals surface area contributed by atoms with E-state index in [4.69, 9.17) is 9.47 Å². The van der Waals surface area contributed by atoms with Crippen LogP contribution in [0, 0.1) is 0 Å². The Kier molecular flexibility index (Phi) is 4.62. The zero-order valence-corrected chi connectivity index (χ0v) is 12.2. The molecule has 20 heavy (non-hydrogen) atoms. The van der Waals surface area contributed by atoms with Crippen LogP contribution in [0.4, 0.5) is 0 Å². The van der Waals surface area contributed by atoms with Crippen molar-refractivity contribution >= 4 is 29.1 Å². The monoisotopic (exact) mass is 293 g/mol. The Bertz CT molecular complexity index is 572. The molecule has 1 aromatic rings. The van der Waals surface area contributed by atoms with Gasteiger partial charge in [-0.25, -0.2) is 0 Å². The Morgan fingerprint density at radius 3 is 2.65 bits per heavy atom. The van der Waals surface area contributed by atoms with Crippen molar-refractivity contribution in [3.63, 3.8) is 0 Å². The highest BCUT2D eigenvalue weighted by Crippen LogP contribution is 2.26. The molecule has 6 nitrogen and oxygen atoms in total. The van der Waals surface area contributed by atoms with Crippen LogP contribution in [0.5, 0.6) is 11.5 Å². The number of hydrogen-bond donors (Lipinski definition) is 1. The molecule has 0 radical (unpaired) electrons. The fraction of sp³-hybridized carbons (Fsp3) is 0.308. The number of methoxy groups -OCH3 is 2. The van der Waals surface area contributed by atoms with Gasteiger partial charge in [-0.2, -0.15) is 5.10 Å². The van der Waals surface area contributed by atoms with Crippen molar-refractivity contribution in [1.29, 1.82) is 0 Å². The topological polar surface area (TPSA) is 72.3 Å². The summed E-state index contributed by atoms with van der Waals surface area (Å²) in [6.45, 7) is 1.82. The van der Waals surface area contributed by atoms with Gasteiger partial charge < -0.3 is 14.8 Å². The van der Waals surface area contributed by atoms with Crippen molar-refractivity contribution in [3.05, 3.63) is 23.8 Å². The minimum Gasteiger partial charge on any atom is -0.493 e. The van der Waals surface area contributed by atoms with E-state index < -0.39 is 0 Å². The molecule has 0 saturated carbocycles. The second kappa shape index (κ2) is 6.42. The second-order valence-corrected chi connectivity index (χ2v) is 5.34. The van der Waals surface area contributed by atoms with Gasteiger partial charge in [0.15, 0.2) is 16.7 Å². The van der Waals surface area contributed by atoms with Gasteiger partial charge in [0.2, 0.25) is 5.91 Å². The molecular weight excluding hydrogens is 278 g/mol. The summed E-state index contributed by atoms with van der Waals surface area (Å²) in [5.41, 5.74) is 0.828. The second-order valence-electron chi connectivity index (χ2n) is 4.01. The van der Waals surface area contributed by atoms with Gasteiger partial charge in [0.25, 0.3) is 0 Å². The minimum absolute atomic E-state index is 0.0462. The number of thioether (sulfide) groups is 1. The summed E-state index contributed by atoms with van der Waals surface area (Å²) in [6, 6.07) is 5.43. The van der Waals surface area contributed by atoms with Crippen LogP contribution >= 0.6 is 11.8 Å². The minimum atomic E-state index is -0.120. The zero-order chi connectivity index (χ0) is 14.5. The van der Waals surface area contributed by atoms with Gasteiger partial charge in [-0.1, -0.05) is 11.8 Å². The molecule has 1 atom stereocenters. The number of benzene rings is 1. The first-order chi connectivity index (χ1) is 9.63. The summed E-state index contributed by atoms with van der Waals surface area (Å²) in [5, 5.41) is 11.0. The number of hydrogen-bond acceptors (Lipinski definition) is 6. The molecule has 1 fully saturated rings. The smallest absolute Gasteiger partial charge is 0.239 e. The number of rotatable bonds is 4. The molecule has 0 spiro atoms. The zero-order valence-electron chi connectivity index (χ0n) is 11.4. The van der Waals surface area contributed by atoms with Crippen LogP contribution in [-0.4, -0.2) is 36.8 Å². The van der Waals surface area contributed by atoms with Crippen LogP contribution in [0.25, 0.3) is 0 Å². The summed E-state index contributed by atoms with van der Waals surface area (Å²) < 4.78 is 10.4. The van der Waals surface area contributed by atoms with Crippen LogP contribution in [0.1, 0.15) is 12.5 Å². The number of carbonyl (C=O) groups excluding carboxylic acids is 1. The maximum atomic E-state index is 11.3. The summed E-state index contributed by atoms with van der Waals surface area (Å²) >= 11 is 1.35. The molecule has 1 saturated heterocycles. The van der Waals surface area contributed by atoms with Gasteiger partial charge in [-0.3, -0.25) is 4.79 Å². The molecule has 1 aliphatic rings. The molecule has 1 heterocycles. The summed E-state index contributed by atoms with van der Waals surface area (Å²) in [4.78, 5) is 11.3. The standard InChI is InChI=1S/C13H15N3O3S/c1-8-12(17)15-13(20-8)16-14-7-9-4-5-10(18-2)11(6-9)19-3/h4-8H,1-3H3,(H,15,16,17)/b14-7-/t8-/m1/s1.